The fraction of sp³-hybridized carbons (Fsp3) is 0.238. The Bertz CT molecular complexity index is 1020. The molecule has 26 heavy (non-hydrogen) atoms. The molecule has 0 radical (unpaired) electrons. The molecule has 0 saturated carbocycles. The first-order valence-electron chi connectivity index (χ1n) is 8.56. The van der Waals surface area contributed by atoms with Crippen LogP contribution in [0, 0.1) is 5.92 Å². The van der Waals surface area contributed by atoms with Crippen LogP contribution in [0.4, 0.5) is 0 Å². The number of pyridine rings is 1. The highest BCUT2D eigenvalue weighted by atomic mass is 32.1. The van der Waals surface area contributed by atoms with Gasteiger partial charge in [0.25, 0.3) is 0 Å². The van der Waals surface area contributed by atoms with Gasteiger partial charge in [0.2, 0.25) is 0 Å². The van der Waals surface area contributed by atoms with Crippen LogP contribution >= 0.6 is 11.5 Å². The zero-order chi connectivity index (χ0) is 18.1. The highest BCUT2D eigenvalue weighted by Gasteiger charge is 2.15. The van der Waals surface area contributed by atoms with E-state index in [1.165, 1.54) is 17.1 Å². The molecule has 0 spiro atoms. The molecule has 2 heterocycles. The molecule has 2 aromatic heterocycles. The lowest BCUT2D eigenvalue weighted by molar-refractivity contribution is 0.355. The van der Waals surface area contributed by atoms with Crippen LogP contribution in [-0.4, -0.2) is 23.6 Å². The predicted octanol–water partition coefficient (Wildman–Crippen LogP) is 5.35. The van der Waals surface area contributed by atoms with Crippen molar-refractivity contribution in [3.63, 3.8) is 0 Å². The summed E-state index contributed by atoms with van der Waals surface area (Å²) in [7, 11) is 3.28. The molecule has 3 aromatic rings. The second kappa shape index (κ2) is 6.92. The van der Waals surface area contributed by atoms with Gasteiger partial charge in [-0.25, -0.2) is 0 Å². The largest absolute Gasteiger partial charge is 0.493 e. The first-order chi connectivity index (χ1) is 12.7. The van der Waals surface area contributed by atoms with Crippen LogP contribution in [0.1, 0.15) is 18.2 Å². The number of aromatic nitrogens is 2. The maximum Gasteiger partial charge on any atom is 0.161 e. The van der Waals surface area contributed by atoms with Gasteiger partial charge < -0.3 is 9.47 Å². The third-order valence-corrected chi connectivity index (χ3v) is 5.47. The summed E-state index contributed by atoms with van der Waals surface area (Å²) < 4.78 is 15.3. The van der Waals surface area contributed by atoms with Crippen LogP contribution in [-0.2, 0) is 0 Å². The lowest BCUT2D eigenvalue weighted by atomic mass is 9.97. The smallest absolute Gasteiger partial charge is 0.161 e. The third-order valence-electron chi connectivity index (χ3n) is 4.57. The van der Waals surface area contributed by atoms with Gasteiger partial charge in [0.05, 0.1) is 19.1 Å². The molecule has 0 N–H and O–H groups in total. The molecule has 4 rings (SSSR count). The molecule has 0 fully saturated rings. The standard InChI is InChI=1S/C21H20N2O2S/c1-13-5-4-6-15(9-13)21-20-17(23-26-21)10-16(12-22-20)14-7-8-18(24-2)19(11-14)25-3/h4,6-13H,5H2,1-3H3. The molecule has 1 aliphatic rings. The molecule has 4 nitrogen and oxygen atoms in total. The number of fused-ring (bicyclic) bond motifs is 1. The van der Waals surface area contributed by atoms with Gasteiger partial charge in [-0.3, -0.25) is 4.98 Å². The number of allylic oxidation sites excluding steroid dienone is 4. The monoisotopic (exact) mass is 364 g/mol. The van der Waals surface area contributed by atoms with Crippen molar-refractivity contribution in [2.45, 2.75) is 13.3 Å². The Labute approximate surface area is 157 Å². The van der Waals surface area contributed by atoms with E-state index in [4.69, 9.17) is 14.5 Å². The second-order valence-corrected chi connectivity index (χ2v) is 7.18. The third kappa shape index (κ3) is 2.99. The number of methoxy groups -OCH3 is 2. The van der Waals surface area contributed by atoms with Crippen LogP contribution in [0.15, 0.2) is 48.7 Å². The van der Waals surface area contributed by atoms with Gasteiger partial charge in [-0.05, 0) is 53.2 Å². The van der Waals surface area contributed by atoms with Crippen molar-refractivity contribution in [1.29, 1.82) is 0 Å². The lowest BCUT2D eigenvalue weighted by Gasteiger charge is -2.11. The minimum atomic E-state index is 0.554. The van der Waals surface area contributed by atoms with Crippen molar-refractivity contribution in [1.82, 2.24) is 9.36 Å². The molecule has 1 aromatic carbocycles. The Morgan fingerprint density at radius 2 is 1.92 bits per heavy atom. The minimum Gasteiger partial charge on any atom is -0.493 e. The summed E-state index contributed by atoms with van der Waals surface area (Å²) in [5, 5.41) is 0. The summed E-state index contributed by atoms with van der Waals surface area (Å²) in [4.78, 5) is 5.86. The number of ether oxygens (including phenoxy) is 2. The number of rotatable bonds is 4. The van der Waals surface area contributed by atoms with Crippen molar-refractivity contribution in [3.05, 3.63) is 53.6 Å². The SMILES string of the molecule is COc1ccc(-c2cnc3c(C4=CC(C)CC=C4)snc3c2)cc1OC. The molecule has 0 bridgehead atoms. The molecule has 1 unspecified atom stereocenters. The van der Waals surface area contributed by atoms with Crippen molar-refractivity contribution in [3.8, 4) is 22.6 Å². The van der Waals surface area contributed by atoms with E-state index < -0.39 is 0 Å². The van der Waals surface area contributed by atoms with Crippen LogP contribution in [0.3, 0.4) is 0 Å². The van der Waals surface area contributed by atoms with Gasteiger partial charge in [0.1, 0.15) is 11.0 Å². The Morgan fingerprint density at radius 1 is 1.08 bits per heavy atom. The summed E-state index contributed by atoms with van der Waals surface area (Å²) in [6, 6.07) is 7.96. The summed E-state index contributed by atoms with van der Waals surface area (Å²) in [5.41, 5.74) is 5.14. The quantitative estimate of drug-likeness (QED) is 0.625. The van der Waals surface area contributed by atoms with Crippen molar-refractivity contribution < 1.29 is 9.47 Å². The average molecular weight is 364 g/mol. The van der Waals surface area contributed by atoms with Crippen LogP contribution in [0.5, 0.6) is 11.5 Å². The fourth-order valence-electron chi connectivity index (χ4n) is 3.19. The number of hydrogen-bond donors (Lipinski definition) is 0. The van der Waals surface area contributed by atoms with Crippen LogP contribution in [0.2, 0.25) is 0 Å². The summed E-state index contributed by atoms with van der Waals surface area (Å²) in [6.45, 7) is 2.23. The van der Waals surface area contributed by atoms with Gasteiger partial charge in [-0.15, -0.1) is 0 Å². The normalized spacial score (nSPS) is 16.6. The van der Waals surface area contributed by atoms with Gasteiger partial charge in [0.15, 0.2) is 11.5 Å². The average Bonchev–Trinajstić information content (AvgIpc) is 3.10. The molecule has 0 saturated heterocycles. The van der Waals surface area contributed by atoms with E-state index in [0.717, 1.165) is 33.5 Å². The van der Waals surface area contributed by atoms with E-state index >= 15 is 0 Å². The summed E-state index contributed by atoms with van der Waals surface area (Å²) >= 11 is 1.51. The number of nitrogens with zero attached hydrogens (tertiary/aromatic N) is 2. The van der Waals surface area contributed by atoms with E-state index in [2.05, 4.69) is 35.6 Å². The maximum absolute atomic E-state index is 5.41. The Morgan fingerprint density at radius 3 is 2.69 bits per heavy atom. The van der Waals surface area contributed by atoms with Crippen molar-refractivity contribution >= 4 is 28.1 Å². The van der Waals surface area contributed by atoms with E-state index in [1.807, 2.05) is 24.4 Å². The Hall–Kier alpha value is -2.66. The fourth-order valence-corrected chi connectivity index (χ4v) is 4.00. The van der Waals surface area contributed by atoms with E-state index in [0.29, 0.717) is 17.4 Å². The van der Waals surface area contributed by atoms with Crippen molar-refractivity contribution in [2.75, 3.05) is 14.2 Å². The zero-order valence-electron chi connectivity index (χ0n) is 15.0. The zero-order valence-corrected chi connectivity index (χ0v) is 15.8. The van der Waals surface area contributed by atoms with Gasteiger partial charge >= 0.3 is 0 Å². The molecular formula is C21H20N2O2S. The predicted molar refractivity (Wildman–Crippen MR) is 107 cm³/mol. The second-order valence-electron chi connectivity index (χ2n) is 6.41. The van der Waals surface area contributed by atoms with Gasteiger partial charge in [-0.2, -0.15) is 4.37 Å². The molecule has 5 heteroatoms. The number of benzene rings is 1. The van der Waals surface area contributed by atoms with E-state index in [1.54, 1.807) is 14.2 Å². The molecule has 0 aliphatic heterocycles. The maximum atomic E-state index is 5.41. The first kappa shape index (κ1) is 16.8. The topological polar surface area (TPSA) is 44.2 Å². The van der Waals surface area contributed by atoms with Gasteiger partial charge in [-0.1, -0.05) is 31.2 Å². The van der Waals surface area contributed by atoms with E-state index in [9.17, 15) is 0 Å². The molecule has 0 amide bonds. The van der Waals surface area contributed by atoms with Crippen LogP contribution in [0.25, 0.3) is 27.7 Å². The molecule has 1 aliphatic carbocycles. The Balaban J connectivity index is 1.75. The summed E-state index contributed by atoms with van der Waals surface area (Å²) in [5.74, 6) is 1.97. The molecule has 132 valence electrons. The summed E-state index contributed by atoms with van der Waals surface area (Å²) in [6.07, 6.45) is 9.70. The highest BCUT2D eigenvalue weighted by molar-refractivity contribution is 7.08. The van der Waals surface area contributed by atoms with Crippen molar-refractivity contribution in [2.24, 2.45) is 5.92 Å². The minimum absolute atomic E-state index is 0.554. The van der Waals surface area contributed by atoms with E-state index in [-0.39, 0.29) is 0 Å². The molecular weight excluding hydrogens is 344 g/mol. The molecule has 1 atom stereocenters. The van der Waals surface area contributed by atoms with Crippen LogP contribution < -0.4 is 9.47 Å². The Kier molecular flexibility index (Phi) is 4.47. The van der Waals surface area contributed by atoms with Gasteiger partial charge in [0, 0.05) is 11.8 Å². The number of hydrogen-bond acceptors (Lipinski definition) is 5. The highest BCUT2D eigenvalue weighted by Crippen LogP contribution is 2.35. The first-order valence-corrected chi connectivity index (χ1v) is 9.33. The lowest BCUT2D eigenvalue weighted by Crippen LogP contribution is -1.94.